The van der Waals surface area contributed by atoms with Gasteiger partial charge in [-0.1, -0.05) is 30.3 Å². The van der Waals surface area contributed by atoms with Crippen LogP contribution in [0, 0.1) is 5.92 Å². The molecule has 0 bridgehead atoms. The van der Waals surface area contributed by atoms with Crippen molar-refractivity contribution in [2.24, 2.45) is 5.92 Å². The number of carbonyl (C=O) groups excluding carboxylic acids is 2. The summed E-state index contributed by atoms with van der Waals surface area (Å²) < 4.78 is 5.13. The smallest absolute Gasteiger partial charge is 0.246 e. The van der Waals surface area contributed by atoms with Crippen LogP contribution in [0.25, 0.3) is 6.08 Å². The number of ketones is 1. The third-order valence-corrected chi connectivity index (χ3v) is 4.77. The van der Waals surface area contributed by atoms with Crippen LogP contribution in [0.4, 0.5) is 0 Å². The molecule has 2 aromatic carbocycles. The summed E-state index contributed by atoms with van der Waals surface area (Å²) in [6.45, 7) is 1.23. The standard InChI is InChI=1S/C22H23NO3/c1-26-20-10-8-18(9-11-20)22(25)19-13-15-23(16-14-19)21(24)12-7-17-5-3-2-4-6-17/h2-12,19H,13-16H2,1H3. The molecule has 1 saturated heterocycles. The summed E-state index contributed by atoms with van der Waals surface area (Å²) in [6, 6.07) is 17.0. The monoisotopic (exact) mass is 349 g/mol. The van der Waals surface area contributed by atoms with Gasteiger partial charge >= 0.3 is 0 Å². The molecule has 0 aliphatic carbocycles. The predicted molar refractivity (Wildman–Crippen MR) is 102 cm³/mol. The minimum absolute atomic E-state index is 0.00389. The van der Waals surface area contributed by atoms with E-state index in [9.17, 15) is 9.59 Å². The molecule has 0 unspecified atom stereocenters. The first-order valence-electron chi connectivity index (χ1n) is 8.87. The van der Waals surface area contributed by atoms with Crippen molar-refractivity contribution in [3.8, 4) is 5.75 Å². The summed E-state index contributed by atoms with van der Waals surface area (Å²) in [4.78, 5) is 26.8. The lowest BCUT2D eigenvalue weighted by Crippen LogP contribution is -2.39. The van der Waals surface area contributed by atoms with Crippen LogP contribution in [-0.2, 0) is 4.79 Å². The van der Waals surface area contributed by atoms with Gasteiger partial charge in [0.15, 0.2) is 5.78 Å². The van der Waals surface area contributed by atoms with E-state index in [-0.39, 0.29) is 17.6 Å². The van der Waals surface area contributed by atoms with Crippen molar-refractivity contribution < 1.29 is 14.3 Å². The SMILES string of the molecule is COc1ccc(C(=O)C2CCN(C(=O)C=Cc3ccccc3)CC2)cc1. The zero-order valence-electron chi connectivity index (χ0n) is 14.9. The van der Waals surface area contributed by atoms with E-state index < -0.39 is 0 Å². The lowest BCUT2D eigenvalue weighted by Gasteiger charge is -2.30. The van der Waals surface area contributed by atoms with Crippen LogP contribution < -0.4 is 4.74 Å². The van der Waals surface area contributed by atoms with Crippen molar-refractivity contribution >= 4 is 17.8 Å². The highest BCUT2D eigenvalue weighted by molar-refractivity contribution is 5.98. The van der Waals surface area contributed by atoms with E-state index >= 15 is 0 Å². The summed E-state index contributed by atoms with van der Waals surface area (Å²) in [5, 5.41) is 0. The van der Waals surface area contributed by atoms with Gasteiger partial charge in [0.25, 0.3) is 0 Å². The second-order valence-corrected chi connectivity index (χ2v) is 6.44. The highest BCUT2D eigenvalue weighted by Gasteiger charge is 2.27. The maximum atomic E-state index is 12.6. The van der Waals surface area contributed by atoms with Crippen LogP contribution in [0.1, 0.15) is 28.8 Å². The molecule has 4 heteroatoms. The van der Waals surface area contributed by atoms with Gasteiger partial charge in [-0.15, -0.1) is 0 Å². The van der Waals surface area contributed by atoms with E-state index in [2.05, 4.69) is 0 Å². The molecule has 0 N–H and O–H groups in total. The van der Waals surface area contributed by atoms with Gasteiger partial charge in [0, 0.05) is 30.6 Å². The fraction of sp³-hybridized carbons (Fsp3) is 0.273. The van der Waals surface area contributed by atoms with Crippen molar-refractivity contribution in [1.29, 1.82) is 0 Å². The van der Waals surface area contributed by atoms with E-state index in [1.165, 1.54) is 0 Å². The third kappa shape index (κ3) is 4.39. The molecule has 1 heterocycles. The van der Waals surface area contributed by atoms with Gasteiger partial charge in [-0.05, 0) is 48.7 Å². The maximum absolute atomic E-state index is 12.6. The third-order valence-electron chi connectivity index (χ3n) is 4.77. The number of amides is 1. The first-order valence-corrected chi connectivity index (χ1v) is 8.87. The zero-order valence-corrected chi connectivity index (χ0v) is 14.9. The average Bonchev–Trinajstić information content (AvgIpc) is 2.72. The lowest BCUT2D eigenvalue weighted by molar-refractivity contribution is -0.127. The van der Waals surface area contributed by atoms with Crippen molar-refractivity contribution in [2.45, 2.75) is 12.8 Å². The first kappa shape index (κ1) is 17.9. The van der Waals surface area contributed by atoms with Crippen LogP contribution in [0.5, 0.6) is 5.75 Å². The number of likely N-dealkylation sites (tertiary alicyclic amines) is 1. The van der Waals surface area contributed by atoms with Gasteiger partial charge in [-0.3, -0.25) is 9.59 Å². The Balaban J connectivity index is 1.54. The largest absolute Gasteiger partial charge is 0.497 e. The summed E-state index contributed by atoms with van der Waals surface area (Å²) >= 11 is 0. The molecular weight excluding hydrogens is 326 g/mol. The number of ether oxygens (including phenoxy) is 1. The highest BCUT2D eigenvalue weighted by atomic mass is 16.5. The number of Topliss-reactive ketones (excluding diaryl/α,β-unsaturated/α-hetero) is 1. The maximum Gasteiger partial charge on any atom is 0.246 e. The fourth-order valence-corrected chi connectivity index (χ4v) is 3.19. The van der Waals surface area contributed by atoms with Gasteiger partial charge in [-0.25, -0.2) is 0 Å². The number of methoxy groups -OCH3 is 1. The summed E-state index contributed by atoms with van der Waals surface area (Å²) in [6.07, 6.45) is 4.85. The molecule has 1 aliphatic rings. The summed E-state index contributed by atoms with van der Waals surface area (Å²) in [5.41, 5.74) is 1.71. The highest BCUT2D eigenvalue weighted by Crippen LogP contribution is 2.23. The second-order valence-electron chi connectivity index (χ2n) is 6.44. The van der Waals surface area contributed by atoms with E-state index in [0.29, 0.717) is 31.5 Å². The average molecular weight is 349 g/mol. The zero-order chi connectivity index (χ0) is 18.4. The van der Waals surface area contributed by atoms with Crippen molar-refractivity contribution in [3.05, 3.63) is 71.8 Å². The molecule has 0 radical (unpaired) electrons. The van der Waals surface area contributed by atoms with Gasteiger partial charge in [0.2, 0.25) is 5.91 Å². The molecule has 1 amide bonds. The Morgan fingerprint density at radius 1 is 1.00 bits per heavy atom. The van der Waals surface area contributed by atoms with Crippen LogP contribution in [0.2, 0.25) is 0 Å². The van der Waals surface area contributed by atoms with E-state index in [4.69, 9.17) is 4.74 Å². The van der Waals surface area contributed by atoms with Crippen LogP contribution in [0.3, 0.4) is 0 Å². The van der Waals surface area contributed by atoms with Gasteiger partial charge in [0.05, 0.1) is 7.11 Å². The summed E-state index contributed by atoms with van der Waals surface area (Å²) in [7, 11) is 1.61. The van der Waals surface area contributed by atoms with Crippen LogP contribution >= 0.6 is 0 Å². The molecule has 26 heavy (non-hydrogen) atoms. The Kier molecular flexibility index (Phi) is 5.84. The van der Waals surface area contributed by atoms with E-state index in [1.807, 2.05) is 41.3 Å². The fourth-order valence-electron chi connectivity index (χ4n) is 3.19. The van der Waals surface area contributed by atoms with Crippen molar-refractivity contribution in [3.63, 3.8) is 0 Å². The number of benzene rings is 2. The molecule has 4 nitrogen and oxygen atoms in total. The van der Waals surface area contributed by atoms with E-state index in [1.54, 1.807) is 37.5 Å². The van der Waals surface area contributed by atoms with Crippen LogP contribution in [0.15, 0.2) is 60.7 Å². The molecule has 0 saturated carbocycles. The number of nitrogens with zero attached hydrogens (tertiary/aromatic N) is 1. The lowest BCUT2D eigenvalue weighted by atomic mass is 9.89. The Hall–Kier alpha value is -2.88. The molecule has 1 aliphatic heterocycles. The first-order chi connectivity index (χ1) is 12.7. The number of hydrogen-bond donors (Lipinski definition) is 0. The molecular formula is C22H23NO3. The number of hydrogen-bond acceptors (Lipinski definition) is 3. The molecule has 134 valence electrons. The Morgan fingerprint density at radius 3 is 2.27 bits per heavy atom. The normalized spacial score (nSPS) is 15.2. The van der Waals surface area contributed by atoms with Crippen molar-refractivity contribution in [2.75, 3.05) is 20.2 Å². The quantitative estimate of drug-likeness (QED) is 0.609. The second kappa shape index (κ2) is 8.48. The molecule has 0 atom stereocenters. The number of rotatable bonds is 5. The van der Waals surface area contributed by atoms with E-state index in [0.717, 1.165) is 11.3 Å². The van der Waals surface area contributed by atoms with Gasteiger partial charge in [0.1, 0.15) is 5.75 Å². The topological polar surface area (TPSA) is 46.6 Å². The van der Waals surface area contributed by atoms with Gasteiger partial charge < -0.3 is 9.64 Å². The molecule has 1 fully saturated rings. The Morgan fingerprint density at radius 2 is 1.65 bits per heavy atom. The minimum Gasteiger partial charge on any atom is -0.497 e. The molecule has 3 rings (SSSR count). The number of piperidine rings is 1. The van der Waals surface area contributed by atoms with Crippen molar-refractivity contribution in [1.82, 2.24) is 4.90 Å². The summed E-state index contributed by atoms with van der Waals surface area (Å²) in [5.74, 6) is 0.876. The van der Waals surface area contributed by atoms with Gasteiger partial charge in [-0.2, -0.15) is 0 Å². The molecule has 2 aromatic rings. The molecule has 0 aromatic heterocycles. The Labute approximate surface area is 154 Å². The Bertz CT molecular complexity index is 773. The molecule has 0 spiro atoms. The minimum atomic E-state index is -0.0226. The number of carbonyl (C=O) groups is 2. The van der Waals surface area contributed by atoms with Crippen LogP contribution in [-0.4, -0.2) is 36.8 Å². The predicted octanol–water partition coefficient (Wildman–Crippen LogP) is 3.83.